The predicted molar refractivity (Wildman–Crippen MR) is 57.3 cm³/mol. The van der Waals surface area contributed by atoms with Crippen LogP contribution < -0.4 is 0 Å². The molecule has 4 heteroatoms. The van der Waals surface area contributed by atoms with Crippen molar-refractivity contribution in [2.75, 3.05) is 0 Å². The molecule has 0 fully saturated rings. The van der Waals surface area contributed by atoms with Crippen molar-refractivity contribution in [2.24, 2.45) is 0 Å². The number of Topliss-reactive ketones (excluding diaryl/α,β-unsaturated/α-hetero) is 1. The van der Waals surface area contributed by atoms with E-state index in [4.69, 9.17) is 16.7 Å². The number of rotatable bonds is 5. The Bertz CT molecular complexity index is 374. The van der Waals surface area contributed by atoms with Gasteiger partial charge in [-0.1, -0.05) is 23.7 Å². The summed E-state index contributed by atoms with van der Waals surface area (Å²) in [4.78, 5) is 21.8. The quantitative estimate of drug-likeness (QED) is 0.786. The minimum atomic E-state index is -0.881. The highest BCUT2D eigenvalue weighted by Crippen LogP contribution is 2.13. The van der Waals surface area contributed by atoms with Crippen LogP contribution >= 0.6 is 11.6 Å². The van der Waals surface area contributed by atoms with E-state index >= 15 is 0 Å². The second-order valence-corrected chi connectivity index (χ2v) is 3.62. The number of hydrogen-bond donors (Lipinski definition) is 1. The van der Waals surface area contributed by atoms with Crippen molar-refractivity contribution in [1.29, 1.82) is 0 Å². The van der Waals surface area contributed by atoms with Crippen LogP contribution in [0.25, 0.3) is 0 Å². The van der Waals surface area contributed by atoms with Gasteiger partial charge in [0.15, 0.2) is 5.78 Å². The maximum Gasteiger partial charge on any atom is 0.303 e. The fourth-order valence-corrected chi connectivity index (χ4v) is 1.40. The highest BCUT2D eigenvalue weighted by atomic mass is 35.5. The highest BCUT2D eigenvalue weighted by molar-refractivity contribution is 6.31. The van der Waals surface area contributed by atoms with Crippen molar-refractivity contribution in [3.05, 3.63) is 34.9 Å². The highest BCUT2D eigenvalue weighted by Gasteiger charge is 2.07. The Labute approximate surface area is 92.7 Å². The van der Waals surface area contributed by atoms with Gasteiger partial charge >= 0.3 is 5.97 Å². The van der Waals surface area contributed by atoms with E-state index in [0.29, 0.717) is 17.0 Å². The number of aliphatic carboxylic acids is 1. The van der Waals surface area contributed by atoms with Gasteiger partial charge in [-0.3, -0.25) is 9.59 Å². The van der Waals surface area contributed by atoms with E-state index in [9.17, 15) is 9.59 Å². The van der Waals surface area contributed by atoms with Gasteiger partial charge in [-0.05, 0) is 18.6 Å². The van der Waals surface area contributed by atoms with Crippen molar-refractivity contribution >= 4 is 23.4 Å². The van der Waals surface area contributed by atoms with E-state index in [1.165, 1.54) is 0 Å². The van der Waals surface area contributed by atoms with E-state index in [-0.39, 0.29) is 18.6 Å². The molecule has 1 rings (SSSR count). The Morgan fingerprint density at radius 3 is 2.60 bits per heavy atom. The molecule has 1 N–H and O–H groups in total. The van der Waals surface area contributed by atoms with Crippen LogP contribution in [0.5, 0.6) is 0 Å². The van der Waals surface area contributed by atoms with Crippen LogP contribution in [0.3, 0.4) is 0 Å². The number of carboxylic acids is 1. The summed E-state index contributed by atoms with van der Waals surface area (Å²) in [5.74, 6) is -0.951. The second kappa shape index (κ2) is 5.51. The van der Waals surface area contributed by atoms with Crippen LogP contribution in [0.15, 0.2) is 24.3 Å². The lowest BCUT2D eigenvalue weighted by molar-refractivity contribution is -0.137. The summed E-state index contributed by atoms with van der Waals surface area (Å²) in [5.41, 5.74) is 0.535. The van der Waals surface area contributed by atoms with E-state index in [1.807, 2.05) is 0 Å². The molecule has 0 unspecified atom stereocenters. The summed E-state index contributed by atoms with van der Waals surface area (Å²) in [6, 6.07) is 6.65. The van der Waals surface area contributed by atoms with Crippen molar-refractivity contribution in [3.63, 3.8) is 0 Å². The molecule has 0 aliphatic heterocycles. The lowest BCUT2D eigenvalue weighted by Crippen LogP contribution is -2.01. The van der Waals surface area contributed by atoms with Gasteiger partial charge in [-0.15, -0.1) is 0 Å². The predicted octanol–water partition coefficient (Wildman–Crippen LogP) is 2.78. The summed E-state index contributed by atoms with van der Waals surface area (Å²) in [6.07, 6.45) is 0.625. The Balaban J connectivity index is 2.50. The molecule has 0 aromatic heterocycles. The summed E-state index contributed by atoms with van der Waals surface area (Å²) in [7, 11) is 0. The van der Waals surface area contributed by atoms with E-state index in [0.717, 1.165) is 0 Å². The average molecular weight is 227 g/mol. The number of hydrogen-bond acceptors (Lipinski definition) is 2. The fourth-order valence-electron chi connectivity index (χ4n) is 1.21. The second-order valence-electron chi connectivity index (χ2n) is 3.18. The molecule has 0 bridgehead atoms. The first-order chi connectivity index (χ1) is 7.09. The van der Waals surface area contributed by atoms with Gasteiger partial charge in [0.05, 0.1) is 0 Å². The summed E-state index contributed by atoms with van der Waals surface area (Å²) < 4.78 is 0. The van der Waals surface area contributed by atoms with Gasteiger partial charge in [0, 0.05) is 23.4 Å². The number of carboxylic acid groups (broad SMARTS) is 1. The number of ketones is 1. The van der Waals surface area contributed by atoms with Crippen LogP contribution in [0.4, 0.5) is 0 Å². The lowest BCUT2D eigenvalue weighted by atomic mass is 10.1. The van der Waals surface area contributed by atoms with Gasteiger partial charge in [0.25, 0.3) is 0 Å². The number of benzene rings is 1. The van der Waals surface area contributed by atoms with E-state index < -0.39 is 5.97 Å². The molecule has 3 nitrogen and oxygen atoms in total. The summed E-state index contributed by atoms with van der Waals surface area (Å²) >= 11 is 5.73. The largest absolute Gasteiger partial charge is 0.481 e. The molecule has 0 saturated carbocycles. The minimum Gasteiger partial charge on any atom is -0.481 e. The van der Waals surface area contributed by atoms with Gasteiger partial charge < -0.3 is 5.11 Å². The molecule has 80 valence electrons. The first-order valence-electron chi connectivity index (χ1n) is 4.60. The Morgan fingerprint density at radius 2 is 2.00 bits per heavy atom. The maximum absolute atomic E-state index is 11.5. The molecule has 0 spiro atoms. The third kappa shape index (κ3) is 4.13. The first-order valence-corrected chi connectivity index (χ1v) is 4.98. The van der Waals surface area contributed by atoms with E-state index in [2.05, 4.69) is 0 Å². The van der Waals surface area contributed by atoms with Crippen LogP contribution in [0, 0.1) is 0 Å². The lowest BCUT2D eigenvalue weighted by Gasteiger charge is -2.00. The molecule has 1 aromatic carbocycles. The molecule has 0 atom stereocenters. The smallest absolute Gasteiger partial charge is 0.303 e. The molecule has 0 saturated heterocycles. The van der Waals surface area contributed by atoms with Crippen LogP contribution in [-0.2, 0) is 4.79 Å². The van der Waals surface area contributed by atoms with Crippen molar-refractivity contribution in [3.8, 4) is 0 Å². The Morgan fingerprint density at radius 1 is 1.27 bits per heavy atom. The topological polar surface area (TPSA) is 54.4 Å². The molecular weight excluding hydrogens is 216 g/mol. The maximum atomic E-state index is 11.5. The van der Waals surface area contributed by atoms with Crippen LogP contribution in [0.1, 0.15) is 29.6 Å². The van der Waals surface area contributed by atoms with Crippen LogP contribution in [0.2, 0.25) is 5.02 Å². The standard InChI is InChI=1S/C11H11ClO3/c12-9-4-1-3-8(7-9)10(13)5-2-6-11(14)15/h1,3-4,7H,2,5-6H2,(H,14,15). The number of carbonyl (C=O) groups excluding carboxylic acids is 1. The molecule has 15 heavy (non-hydrogen) atoms. The molecule has 0 amide bonds. The molecule has 0 heterocycles. The van der Waals surface area contributed by atoms with Crippen molar-refractivity contribution in [2.45, 2.75) is 19.3 Å². The summed E-state index contributed by atoms with van der Waals surface area (Å²) in [5, 5.41) is 8.92. The Hall–Kier alpha value is -1.35. The number of carbonyl (C=O) groups is 2. The van der Waals surface area contributed by atoms with Gasteiger partial charge in [-0.2, -0.15) is 0 Å². The van der Waals surface area contributed by atoms with Crippen molar-refractivity contribution < 1.29 is 14.7 Å². The van der Waals surface area contributed by atoms with Crippen molar-refractivity contribution in [1.82, 2.24) is 0 Å². The fraction of sp³-hybridized carbons (Fsp3) is 0.273. The molecule has 1 aromatic rings. The number of halogens is 1. The normalized spacial score (nSPS) is 9.93. The SMILES string of the molecule is O=C(O)CCCC(=O)c1cccc(Cl)c1. The Kier molecular flexibility index (Phi) is 4.31. The van der Waals surface area contributed by atoms with Crippen LogP contribution in [-0.4, -0.2) is 16.9 Å². The van der Waals surface area contributed by atoms with E-state index in [1.54, 1.807) is 24.3 Å². The zero-order valence-corrected chi connectivity index (χ0v) is 8.83. The molecule has 0 radical (unpaired) electrons. The molecular formula is C11H11ClO3. The summed E-state index contributed by atoms with van der Waals surface area (Å²) in [6.45, 7) is 0. The average Bonchev–Trinajstić information content (AvgIpc) is 2.17. The third-order valence-corrected chi connectivity index (χ3v) is 2.18. The zero-order valence-electron chi connectivity index (χ0n) is 8.07. The zero-order chi connectivity index (χ0) is 11.3. The van der Waals surface area contributed by atoms with Gasteiger partial charge in [-0.25, -0.2) is 0 Å². The van der Waals surface area contributed by atoms with Gasteiger partial charge in [0.1, 0.15) is 0 Å². The third-order valence-electron chi connectivity index (χ3n) is 1.94. The minimum absolute atomic E-state index is 0.0201. The van der Waals surface area contributed by atoms with Gasteiger partial charge in [0.2, 0.25) is 0 Å². The monoisotopic (exact) mass is 226 g/mol. The molecule has 0 aliphatic rings. The molecule has 0 aliphatic carbocycles. The first kappa shape index (κ1) is 11.7.